The van der Waals surface area contributed by atoms with Crippen LogP contribution in [-0.2, 0) is 10.1 Å². The van der Waals surface area contributed by atoms with Gasteiger partial charge >= 0.3 is 10.1 Å². The average Bonchev–Trinajstić information content (AvgIpc) is 2.79. The number of nitrogens with zero attached hydrogens (tertiary/aromatic N) is 2. The number of benzene rings is 3. The Labute approximate surface area is 183 Å². The Kier molecular flexibility index (Phi) is 6.80. The second-order valence-corrected chi connectivity index (χ2v) is 7.75. The lowest BCUT2D eigenvalue weighted by Crippen LogP contribution is -2.17. The molecular weight excluding hydrogens is 438 g/mol. The Morgan fingerprint density at radius 2 is 1.72 bits per heavy atom. The number of methoxy groups -OCH3 is 1. The summed E-state index contributed by atoms with van der Waals surface area (Å²) in [4.78, 5) is 21.8. The van der Waals surface area contributed by atoms with Crippen molar-refractivity contribution in [2.24, 2.45) is 5.10 Å². The summed E-state index contributed by atoms with van der Waals surface area (Å²) in [6.07, 6.45) is 1.28. The molecule has 3 aromatic carbocycles. The first kappa shape index (κ1) is 22.4. The Bertz CT molecular complexity index is 1280. The molecule has 0 bridgehead atoms. The highest BCUT2D eigenvalue weighted by molar-refractivity contribution is 7.87. The molecule has 3 rings (SSSR count). The van der Waals surface area contributed by atoms with Gasteiger partial charge in [-0.15, -0.1) is 0 Å². The summed E-state index contributed by atoms with van der Waals surface area (Å²) in [5.41, 5.74) is 2.53. The molecule has 10 nitrogen and oxygen atoms in total. The fourth-order valence-electron chi connectivity index (χ4n) is 2.64. The molecule has 3 aromatic rings. The molecule has 0 aromatic heterocycles. The third-order valence-electron chi connectivity index (χ3n) is 4.13. The topological polar surface area (TPSA) is 137 Å². The van der Waals surface area contributed by atoms with Crippen LogP contribution in [0.25, 0.3) is 0 Å². The minimum Gasteiger partial charge on any atom is -0.493 e. The zero-order chi connectivity index (χ0) is 23.1. The van der Waals surface area contributed by atoms with Crippen LogP contribution in [0.15, 0.2) is 82.8 Å². The lowest BCUT2D eigenvalue weighted by atomic mass is 10.2. The van der Waals surface area contributed by atoms with Crippen LogP contribution in [-0.4, -0.2) is 32.6 Å². The number of nitro benzene ring substituents is 1. The SMILES string of the molecule is COc1ccc(/C=N\NC(=O)c2ccccc2)cc1OS(=O)(=O)c1ccccc1[N+](=O)[O-]. The van der Waals surface area contributed by atoms with E-state index in [1.165, 1.54) is 37.6 Å². The number of hydrogen-bond acceptors (Lipinski definition) is 8. The molecule has 0 saturated carbocycles. The van der Waals surface area contributed by atoms with Gasteiger partial charge in [-0.25, -0.2) is 5.43 Å². The molecule has 0 atom stereocenters. The molecule has 11 heteroatoms. The lowest BCUT2D eigenvalue weighted by Gasteiger charge is -2.11. The summed E-state index contributed by atoms with van der Waals surface area (Å²) in [6.45, 7) is 0. The molecule has 0 fully saturated rings. The maximum atomic E-state index is 12.7. The summed E-state index contributed by atoms with van der Waals surface area (Å²) >= 11 is 0. The van der Waals surface area contributed by atoms with Crippen LogP contribution in [0.4, 0.5) is 5.69 Å². The molecule has 0 spiro atoms. The molecule has 0 unspecified atom stereocenters. The van der Waals surface area contributed by atoms with Gasteiger partial charge in [0, 0.05) is 11.6 Å². The summed E-state index contributed by atoms with van der Waals surface area (Å²) in [5.74, 6) is -0.549. The minimum atomic E-state index is -4.54. The molecule has 0 radical (unpaired) electrons. The number of amides is 1. The first-order valence-electron chi connectivity index (χ1n) is 9.06. The van der Waals surface area contributed by atoms with Crippen LogP contribution in [0.5, 0.6) is 11.5 Å². The third kappa shape index (κ3) is 5.26. The number of nitro groups is 1. The molecule has 0 aliphatic carbocycles. The maximum absolute atomic E-state index is 12.7. The minimum absolute atomic E-state index is 0.0811. The van der Waals surface area contributed by atoms with Crippen LogP contribution < -0.4 is 14.3 Å². The van der Waals surface area contributed by atoms with Gasteiger partial charge in [0.1, 0.15) is 0 Å². The van der Waals surface area contributed by atoms with Gasteiger partial charge in [0.05, 0.1) is 18.2 Å². The van der Waals surface area contributed by atoms with Crippen molar-refractivity contribution < 1.29 is 27.1 Å². The molecule has 0 saturated heterocycles. The average molecular weight is 455 g/mol. The van der Waals surface area contributed by atoms with Crippen LogP contribution in [0.3, 0.4) is 0 Å². The number of hydrazone groups is 1. The molecule has 1 amide bonds. The maximum Gasteiger partial charge on any atom is 0.346 e. The Morgan fingerprint density at radius 3 is 2.41 bits per heavy atom. The Balaban J connectivity index is 1.84. The monoisotopic (exact) mass is 455 g/mol. The number of carbonyl (C=O) groups is 1. The van der Waals surface area contributed by atoms with Gasteiger partial charge < -0.3 is 8.92 Å². The Morgan fingerprint density at radius 1 is 1.03 bits per heavy atom. The van der Waals surface area contributed by atoms with Gasteiger partial charge in [0.25, 0.3) is 11.6 Å². The van der Waals surface area contributed by atoms with Crippen molar-refractivity contribution in [2.45, 2.75) is 4.90 Å². The van der Waals surface area contributed by atoms with Crippen molar-refractivity contribution in [1.82, 2.24) is 5.43 Å². The first-order chi connectivity index (χ1) is 15.3. The summed E-state index contributed by atoms with van der Waals surface area (Å²) in [5, 5.41) is 15.0. The van der Waals surface area contributed by atoms with Gasteiger partial charge in [0.2, 0.25) is 0 Å². The lowest BCUT2D eigenvalue weighted by molar-refractivity contribution is -0.387. The van der Waals surface area contributed by atoms with E-state index in [1.807, 2.05) is 0 Å². The number of hydrogen-bond donors (Lipinski definition) is 1. The highest BCUT2D eigenvalue weighted by atomic mass is 32.2. The van der Waals surface area contributed by atoms with Gasteiger partial charge in [0.15, 0.2) is 16.4 Å². The van der Waals surface area contributed by atoms with Gasteiger partial charge in [-0.2, -0.15) is 13.5 Å². The quantitative estimate of drug-likeness (QED) is 0.238. The van der Waals surface area contributed by atoms with Crippen molar-refractivity contribution in [3.63, 3.8) is 0 Å². The predicted octanol–water partition coefficient (Wildman–Crippen LogP) is 3.14. The van der Waals surface area contributed by atoms with Crippen LogP contribution in [0, 0.1) is 10.1 Å². The van der Waals surface area contributed by atoms with E-state index < -0.39 is 31.5 Å². The zero-order valence-electron chi connectivity index (χ0n) is 16.7. The molecule has 0 heterocycles. The van der Waals surface area contributed by atoms with Crippen molar-refractivity contribution in [3.8, 4) is 11.5 Å². The van der Waals surface area contributed by atoms with Crippen molar-refractivity contribution in [1.29, 1.82) is 0 Å². The van der Waals surface area contributed by atoms with Crippen molar-refractivity contribution in [3.05, 3.63) is 94.0 Å². The second kappa shape index (κ2) is 9.71. The van der Waals surface area contributed by atoms with Crippen LogP contribution in [0.2, 0.25) is 0 Å². The van der Waals surface area contributed by atoms with Crippen LogP contribution >= 0.6 is 0 Å². The van der Waals surface area contributed by atoms with Gasteiger partial charge in [-0.3, -0.25) is 14.9 Å². The van der Waals surface area contributed by atoms with E-state index in [9.17, 15) is 23.3 Å². The third-order valence-corrected chi connectivity index (χ3v) is 5.42. The predicted molar refractivity (Wildman–Crippen MR) is 115 cm³/mol. The van der Waals surface area contributed by atoms with E-state index in [2.05, 4.69) is 10.5 Å². The van der Waals surface area contributed by atoms with E-state index in [0.717, 1.165) is 12.1 Å². The standard InChI is InChI=1S/C21H17N3O7S/c1-30-18-12-11-15(14-22-23-21(25)16-7-3-2-4-8-16)13-19(18)31-32(28,29)20-10-6-5-9-17(20)24(26)27/h2-14H,1H3,(H,23,25)/b22-14-. The number of ether oxygens (including phenoxy) is 1. The molecule has 1 N–H and O–H groups in total. The molecular formula is C21H17N3O7S. The van der Waals surface area contributed by atoms with Crippen LogP contribution in [0.1, 0.15) is 15.9 Å². The fourth-order valence-corrected chi connectivity index (χ4v) is 3.74. The molecule has 164 valence electrons. The number of para-hydroxylation sites is 1. The second-order valence-electron chi connectivity index (χ2n) is 6.24. The first-order valence-corrected chi connectivity index (χ1v) is 10.5. The highest BCUT2D eigenvalue weighted by Gasteiger charge is 2.28. The van der Waals surface area contributed by atoms with Gasteiger partial charge in [-0.1, -0.05) is 30.3 Å². The van der Waals surface area contributed by atoms with E-state index in [1.54, 1.807) is 36.4 Å². The van der Waals surface area contributed by atoms with E-state index in [4.69, 9.17) is 8.92 Å². The Hall–Kier alpha value is -4.25. The van der Waals surface area contributed by atoms with E-state index in [-0.39, 0.29) is 11.5 Å². The zero-order valence-corrected chi connectivity index (χ0v) is 17.5. The van der Waals surface area contributed by atoms with E-state index in [0.29, 0.717) is 11.1 Å². The van der Waals surface area contributed by atoms with Crippen molar-refractivity contribution >= 4 is 27.9 Å². The summed E-state index contributed by atoms with van der Waals surface area (Å²) < 4.78 is 35.6. The number of nitrogens with one attached hydrogen (secondary N) is 1. The summed E-state index contributed by atoms with van der Waals surface area (Å²) in [7, 11) is -3.23. The fraction of sp³-hybridized carbons (Fsp3) is 0.0476. The van der Waals surface area contributed by atoms with Crippen molar-refractivity contribution in [2.75, 3.05) is 7.11 Å². The van der Waals surface area contributed by atoms with E-state index >= 15 is 0 Å². The molecule has 0 aliphatic rings. The number of carbonyl (C=O) groups excluding carboxylic acids is 1. The number of rotatable bonds is 8. The summed E-state index contributed by atoms with van der Waals surface area (Å²) in [6, 6.07) is 17.6. The molecule has 32 heavy (non-hydrogen) atoms. The smallest absolute Gasteiger partial charge is 0.346 e. The highest BCUT2D eigenvalue weighted by Crippen LogP contribution is 2.32. The normalized spacial score (nSPS) is 11.2. The van der Waals surface area contributed by atoms with Gasteiger partial charge in [-0.05, 0) is 42.0 Å². The largest absolute Gasteiger partial charge is 0.493 e. The molecule has 0 aliphatic heterocycles.